The fourth-order valence-corrected chi connectivity index (χ4v) is 6.66. The summed E-state index contributed by atoms with van der Waals surface area (Å²) in [7, 11) is 0.916. The number of ether oxygens (including phenoxy) is 2. The number of fused-ring (bicyclic) bond motifs is 1. The van der Waals surface area contributed by atoms with E-state index in [4.69, 9.17) is 28.3 Å². The lowest BCUT2D eigenvalue weighted by molar-refractivity contribution is -0.00946. The molecule has 1 aliphatic heterocycles. The standard InChI is InChI=1S/C37H41BBrN5O7/c1-21-32(22(2)49-43-21)27-15-23-16-28(39)33(45)44(29(23)17-30(27)47-9)20-26-12-10-11-25(41-26)18-37(8)36(6,7)50-38(51-37)24-13-14-31(40-19-24)42-34(46)48-35(3,4)5/h10-17,19H,18,20H2,1-9H3,(H,40,42,46). The Morgan fingerprint density at radius 1 is 1.06 bits per heavy atom. The largest absolute Gasteiger partial charge is 0.496 e. The van der Waals surface area contributed by atoms with E-state index in [9.17, 15) is 9.59 Å². The summed E-state index contributed by atoms with van der Waals surface area (Å²) < 4.78 is 31.6. The Labute approximate surface area is 305 Å². The number of anilines is 1. The van der Waals surface area contributed by atoms with Gasteiger partial charge in [-0.3, -0.25) is 15.1 Å². The molecule has 5 heterocycles. The molecule has 1 aromatic carbocycles. The summed E-state index contributed by atoms with van der Waals surface area (Å²) in [4.78, 5) is 35.1. The van der Waals surface area contributed by atoms with E-state index in [1.165, 1.54) is 0 Å². The second-order valence-corrected chi connectivity index (χ2v) is 15.3. The second-order valence-electron chi connectivity index (χ2n) is 14.4. The lowest BCUT2D eigenvalue weighted by Crippen LogP contribution is -2.46. The first-order chi connectivity index (χ1) is 24.0. The van der Waals surface area contributed by atoms with Crippen LogP contribution < -0.4 is 21.1 Å². The quantitative estimate of drug-likeness (QED) is 0.169. The molecule has 0 radical (unpaired) electrons. The SMILES string of the molecule is COc1cc2c(cc1-c1c(C)noc1C)cc(Br)c(=O)n2Cc1cccc(CC2(C)OB(c3ccc(NC(=O)OC(C)(C)C)nc3)OC2(C)C)n1. The number of amides is 1. The number of carbonyl (C=O) groups excluding carboxylic acids is 1. The van der Waals surface area contributed by atoms with E-state index < -0.39 is 30.0 Å². The van der Waals surface area contributed by atoms with Gasteiger partial charge in [0, 0.05) is 40.8 Å². The number of benzene rings is 1. The van der Waals surface area contributed by atoms with Crippen molar-refractivity contribution in [1.29, 1.82) is 0 Å². The molecule has 14 heteroatoms. The van der Waals surface area contributed by atoms with Gasteiger partial charge in [-0.2, -0.15) is 0 Å². The number of rotatable bonds is 8. The van der Waals surface area contributed by atoms with Crippen LogP contribution in [-0.4, -0.2) is 56.8 Å². The highest BCUT2D eigenvalue weighted by Gasteiger charge is 2.54. The average Bonchev–Trinajstić information content (AvgIpc) is 3.50. The fourth-order valence-electron chi connectivity index (χ4n) is 6.20. The van der Waals surface area contributed by atoms with Crippen LogP contribution in [0.1, 0.15) is 64.4 Å². The van der Waals surface area contributed by atoms with Crippen molar-refractivity contribution in [3.63, 3.8) is 0 Å². The molecule has 0 spiro atoms. The number of hydrogen-bond acceptors (Lipinski definition) is 10. The average molecular weight is 758 g/mol. The topological polar surface area (TPSA) is 140 Å². The maximum Gasteiger partial charge on any atom is 0.496 e. The second kappa shape index (κ2) is 13.6. The number of methoxy groups -OCH3 is 1. The Morgan fingerprint density at radius 2 is 1.80 bits per heavy atom. The smallest absolute Gasteiger partial charge is 0.496 e. The third-order valence-electron chi connectivity index (χ3n) is 9.11. The number of aryl methyl sites for hydroxylation is 2. The van der Waals surface area contributed by atoms with Crippen LogP contribution in [0.25, 0.3) is 22.0 Å². The molecule has 4 aromatic heterocycles. The molecular weight excluding hydrogens is 717 g/mol. The molecule has 12 nitrogen and oxygen atoms in total. The Hall–Kier alpha value is -4.53. The first-order valence-electron chi connectivity index (χ1n) is 16.6. The van der Waals surface area contributed by atoms with Crippen LogP contribution in [0.2, 0.25) is 0 Å². The van der Waals surface area contributed by atoms with Gasteiger partial charge in [0.15, 0.2) is 0 Å². The number of carbonyl (C=O) groups is 1. The lowest BCUT2D eigenvalue weighted by atomic mass is 9.80. The highest BCUT2D eigenvalue weighted by Crippen LogP contribution is 2.40. The van der Waals surface area contributed by atoms with Gasteiger partial charge in [-0.15, -0.1) is 0 Å². The van der Waals surface area contributed by atoms with Crippen molar-refractivity contribution >= 4 is 51.3 Å². The summed E-state index contributed by atoms with van der Waals surface area (Å²) in [6, 6.07) is 14.9. The van der Waals surface area contributed by atoms with Gasteiger partial charge in [0.25, 0.3) is 5.56 Å². The molecule has 5 aromatic rings. The summed E-state index contributed by atoms with van der Waals surface area (Å²) in [5.41, 5.74) is 3.06. The molecule has 0 aliphatic carbocycles. The summed E-state index contributed by atoms with van der Waals surface area (Å²) in [5.74, 6) is 1.63. The van der Waals surface area contributed by atoms with Crippen LogP contribution in [0, 0.1) is 13.8 Å². The summed E-state index contributed by atoms with van der Waals surface area (Å²) in [5, 5.41) is 7.59. The number of aromatic nitrogens is 4. The van der Waals surface area contributed by atoms with E-state index in [1.807, 2.05) is 71.0 Å². The van der Waals surface area contributed by atoms with Crippen LogP contribution in [0.15, 0.2) is 68.5 Å². The molecule has 1 aliphatic rings. The predicted molar refractivity (Wildman–Crippen MR) is 199 cm³/mol. The highest BCUT2D eigenvalue weighted by atomic mass is 79.9. The Kier molecular flexibility index (Phi) is 9.64. The molecular formula is C37H41BBrN5O7. The molecule has 51 heavy (non-hydrogen) atoms. The predicted octanol–water partition coefficient (Wildman–Crippen LogP) is 6.75. The third kappa shape index (κ3) is 7.44. The number of halogens is 1. The minimum absolute atomic E-state index is 0.189. The summed E-state index contributed by atoms with van der Waals surface area (Å²) >= 11 is 3.49. The molecule has 266 valence electrons. The van der Waals surface area contributed by atoms with Crippen LogP contribution in [0.5, 0.6) is 5.75 Å². The minimum atomic E-state index is -0.766. The van der Waals surface area contributed by atoms with E-state index in [1.54, 1.807) is 50.8 Å². The van der Waals surface area contributed by atoms with Gasteiger partial charge < -0.3 is 27.9 Å². The van der Waals surface area contributed by atoms with Crippen LogP contribution in [0.3, 0.4) is 0 Å². The maximum absolute atomic E-state index is 13.6. The Balaban J connectivity index is 1.24. The van der Waals surface area contributed by atoms with Gasteiger partial charge in [-0.1, -0.05) is 17.3 Å². The third-order valence-corrected chi connectivity index (χ3v) is 9.68. The van der Waals surface area contributed by atoms with E-state index in [2.05, 4.69) is 31.4 Å². The van der Waals surface area contributed by atoms with E-state index >= 15 is 0 Å². The summed E-state index contributed by atoms with van der Waals surface area (Å²) in [6.45, 7) is 15.3. The minimum Gasteiger partial charge on any atom is -0.496 e. The van der Waals surface area contributed by atoms with Crippen molar-refractivity contribution in [2.24, 2.45) is 0 Å². The van der Waals surface area contributed by atoms with Crippen LogP contribution in [-0.2, 0) is 27.0 Å². The molecule has 0 saturated carbocycles. The number of hydrogen-bond donors (Lipinski definition) is 1. The zero-order chi connectivity index (χ0) is 36.9. The molecule has 6 rings (SSSR count). The van der Waals surface area contributed by atoms with Crippen molar-refractivity contribution in [1.82, 2.24) is 19.7 Å². The van der Waals surface area contributed by atoms with E-state index in [0.717, 1.165) is 27.9 Å². The van der Waals surface area contributed by atoms with Crippen molar-refractivity contribution in [2.75, 3.05) is 12.4 Å². The monoisotopic (exact) mass is 757 g/mol. The van der Waals surface area contributed by atoms with Gasteiger partial charge in [-0.05, 0) is 102 Å². The molecule has 1 unspecified atom stereocenters. The molecule has 1 saturated heterocycles. The van der Waals surface area contributed by atoms with Gasteiger partial charge in [-0.25, -0.2) is 9.78 Å². The normalized spacial score (nSPS) is 17.2. The fraction of sp³-hybridized carbons (Fsp3) is 0.378. The van der Waals surface area contributed by atoms with Crippen molar-refractivity contribution in [2.45, 2.75) is 85.2 Å². The van der Waals surface area contributed by atoms with Gasteiger partial charge >= 0.3 is 13.2 Å². The van der Waals surface area contributed by atoms with Gasteiger partial charge in [0.2, 0.25) is 0 Å². The van der Waals surface area contributed by atoms with Crippen molar-refractivity contribution < 1.29 is 28.1 Å². The Morgan fingerprint density at radius 3 is 2.45 bits per heavy atom. The van der Waals surface area contributed by atoms with Gasteiger partial charge in [0.1, 0.15) is 22.9 Å². The molecule has 1 fully saturated rings. The number of pyridine rings is 3. The van der Waals surface area contributed by atoms with Crippen LogP contribution in [0.4, 0.5) is 10.6 Å². The van der Waals surface area contributed by atoms with Crippen LogP contribution >= 0.6 is 15.9 Å². The Bertz CT molecular complexity index is 2160. The zero-order valence-electron chi connectivity index (χ0n) is 30.2. The zero-order valence-corrected chi connectivity index (χ0v) is 31.8. The van der Waals surface area contributed by atoms with E-state index in [-0.39, 0.29) is 12.1 Å². The van der Waals surface area contributed by atoms with Crippen molar-refractivity contribution in [3.8, 4) is 16.9 Å². The van der Waals surface area contributed by atoms with Gasteiger partial charge in [0.05, 0.1) is 51.8 Å². The number of nitrogens with zero attached hydrogens (tertiary/aromatic N) is 4. The highest BCUT2D eigenvalue weighted by molar-refractivity contribution is 9.10. The maximum atomic E-state index is 13.6. The lowest BCUT2D eigenvalue weighted by Gasteiger charge is -2.36. The number of nitrogens with one attached hydrogen (secondary N) is 1. The van der Waals surface area contributed by atoms with E-state index in [0.29, 0.717) is 44.9 Å². The molecule has 0 bridgehead atoms. The first kappa shape index (κ1) is 36.3. The summed E-state index contributed by atoms with van der Waals surface area (Å²) in [6.07, 6.45) is 1.48. The molecule has 1 amide bonds. The molecule has 1 atom stereocenters. The van der Waals surface area contributed by atoms with Crippen molar-refractivity contribution in [3.05, 3.63) is 92.4 Å². The first-order valence-corrected chi connectivity index (χ1v) is 17.4. The molecule has 1 N–H and O–H groups in total.